The molecule has 0 saturated carbocycles. The fourth-order valence-electron chi connectivity index (χ4n) is 2.00. The summed E-state index contributed by atoms with van der Waals surface area (Å²) in [6.07, 6.45) is 2.82. The van der Waals surface area contributed by atoms with E-state index in [0.29, 0.717) is 0 Å². The molecule has 0 spiro atoms. The first kappa shape index (κ1) is 16.3. The second kappa shape index (κ2) is 7.76. The summed E-state index contributed by atoms with van der Waals surface area (Å²) in [7, 11) is 4.60. The van der Waals surface area contributed by atoms with E-state index in [0.717, 1.165) is 37.1 Å². The van der Waals surface area contributed by atoms with Crippen LogP contribution in [-0.4, -0.2) is 58.6 Å². The molecule has 0 aliphatic heterocycles. The Labute approximate surface area is 116 Å². The van der Waals surface area contributed by atoms with Crippen molar-refractivity contribution in [3.63, 3.8) is 0 Å². The van der Waals surface area contributed by atoms with Crippen LogP contribution in [0.5, 0.6) is 0 Å². The molecule has 1 aromatic rings. The molecular weight excluding hydrogens is 262 g/mol. The van der Waals surface area contributed by atoms with Gasteiger partial charge in [0, 0.05) is 39.3 Å². The van der Waals surface area contributed by atoms with Crippen molar-refractivity contribution >= 4 is 8.80 Å². The summed E-state index contributed by atoms with van der Waals surface area (Å²) < 4.78 is 16.2. The van der Waals surface area contributed by atoms with Crippen molar-refractivity contribution in [1.29, 1.82) is 0 Å². The van der Waals surface area contributed by atoms with Crippen molar-refractivity contribution in [3.05, 3.63) is 17.7 Å². The zero-order valence-corrected chi connectivity index (χ0v) is 13.5. The van der Waals surface area contributed by atoms with E-state index in [1.807, 2.05) is 13.1 Å². The molecule has 0 fully saturated rings. The maximum absolute atomic E-state index is 5.40. The molecule has 110 valence electrons. The Hall–Kier alpha value is -0.733. The van der Waals surface area contributed by atoms with E-state index >= 15 is 0 Å². The number of aromatic nitrogens is 2. The van der Waals surface area contributed by atoms with Gasteiger partial charge in [-0.05, 0) is 26.9 Å². The number of imidazole rings is 1. The van der Waals surface area contributed by atoms with Gasteiger partial charge in [0.15, 0.2) is 0 Å². The average Bonchev–Trinajstić information content (AvgIpc) is 2.80. The molecule has 7 heteroatoms. The van der Waals surface area contributed by atoms with Crippen LogP contribution in [0.2, 0.25) is 6.04 Å². The van der Waals surface area contributed by atoms with Gasteiger partial charge in [-0.15, -0.1) is 0 Å². The van der Waals surface area contributed by atoms with E-state index < -0.39 is 8.80 Å². The molecule has 0 aromatic carbocycles. The standard InChI is InChI=1S/C12H25N3O3Si/c1-11-9-13-12(14-11)10-15(2)7-6-8-19(16-3,17-4)18-5/h9H,6-8,10H2,1-5H3,(H,13,14). The zero-order valence-electron chi connectivity index (χ0n) is 12.5. The van der Waals surface area contributed by atoms with Crippen molar-refractivity contribution in [1.82, 2.24) is 14.9 Å². The Morgan fingerprint density at radius 2 is 1.89 bits per heavy atom. The van der Waals surface area contributed by atoms with Crippen molar-refractivity contribution in [3.8, 4) is 0 Å². The molecule has 19 heavy (non-hydrogen) atoms. The molecular formula is C12H25N3O3Si. The van der Waals surface area contributed by atoms with Crippen molar-refractivity contribution in [2.75, 3.05) is 34.9 Å². The maximum atomic E-state index is 5.40. The molecule has 6 nitrogen and oxygen atoms in total. The number of aromatic amines is 1. The zero-order chi connectivity index (χ0) is 14.3. The minimum atomic E-state index is -2.42. The highest BCUT2D eigenvalue weighted by molar-refractivity contribution is 6.60. The monoisotopic (exact) mass is 287 g/mol. The molecule has 0 radical (unpaired) electrons. The summed E-state index contributed by atoms with van der Waals surface area (Å²) in [6, 6.07) is 0.817. The van der Waals surface area contributed by atoms with Crippen molar-refractivity contribution < 1.29 is 13.3 Å². The van der Waals surface area contributed by atoms with Gasteiger partial charge in [0.1, 0.15) is 5.82 Å². The molecule has 0 unspecified atom stereocenters. The number of rotatable bonds is 9. The highest BCUT2D eigenvalue weighted by atomic mass is 28.4. The molecule has 1 heterocycles. The van der Waals surface area contributed by atoms with Gasteiger partial charge in [-0.2, -0.15) is 0 Å². The third kappa shape index (κ3) is 5.04. The van der Waals surface area contributed by atoms with Crippen molar-refractivity contribution in [2.24, 2.45) is 0 Å². The second-order valence-corrected chi connectivity index (χ2v) is 7.74. The molecule has 0 aliphatic carbocycles. The molecule has 1 rings (SSSR count). The van der Waals surface area contributed by atoms with Gasteiger partial charge in [0.05, 0.1) is 6.54 Å². The topological polar surface area (TPSA) is 59.6 Å². The van der Waals surface area contributed by atoms with E-state index in [4.69, 9.17) is 13.3 Å². The Kier molecular flexibility index (Phi) is 6.67. The normalized spacial score (nSPS) is 12.3. The van der Waals surface area contributed by atoms with Crippen LogP contribution >= 0.6 is 0 Å². The van der Waals surface area contributed by atoms with Crippen LogP contribution in [0, 0.1) is 6.92 Å². The van der Waals surface area contributed by atoms with Gasteiger partial charge in [0.2, 0.25) is 0 Å². The molecule has 0 saturated heterocycles. The van der Waals surface area contributed by atoms with E-state index in [1.165, 1.54) is 0 Å². The molecule has 0 amide bonds. The quantitative estimate of drug-likeness (QED) is 0.696. The number of hydrogen-bond donors (Lipinski definition) is 1. The lowest BCUT2D eigenvalue weighted by atomic mass is 10.4. The lowest BCUT2D eigenvalue weighted by Crippen LogP contribution is -2.43. The predicted octanol–water partition coefficient (Wildman–Crippen LogP) is 1.42. The van der Waals surface area contributed by atoms with Gasteiger partial charge < -0.3 is 18.3 Å². The van der Waals surface area contributed by atoms with Crippen LogP contribution in [-0.2, 0) is 19.8 Å². The van der Waals surface area contributed by atoms with Gasteiger partial charge in [-0.3, -0.25) is 4.90 Å². The molecule has 0 bridgehead atoms. The Balaban J connectivity index is 2.32. The molecule has 1 aromatic heterocycles. The first-order valence-electron chi connectivity index (χ1n) is 6.39. The SMILES string of the molecule is CO[Si](CCCN(C)Cc1ncc(C)[nH]1)(OC)OC. The van der Waals surface area contributed by atoms with Crippen LogP contribution in [0.25, 0.3) is 0 Å². The number of nitrogens with one attached hydrogen (secondary N) is 1. The van der Waals surface area contributed by atoms with Crippen molar-refractivity contribution in [2.45, 2.75) is 25.9 Å². The summed E-state index contributed by atoms with van der Waals surface area (Å²) in [5.41, 5.74) is 1.09. The summed E-state index contributed by atoms with van der Waals surface area (Å²) in [5, 5.41) is 0. The van der Waals surface area contributed by atoms with Crippen LogP contribution < -0.4 is 0 Å². The van der Waals surface area contributed by atoms with E-state index in [2.05, 4.69) is 21.9 Å². The lowest BCUT2D eigenvalue weighted by Gasteiger charge is -2.25. The summed E-state index contributed by atoms with van der Waals surface area (Å²) in [6.45, 7) is 3.77. The Morgan fingerprint density at radius 3 is 2.37 bits per heavy atom. The van der Waals surface area contributed by atoms with E-state index in [1.54, 1.807) is 21.3 Å². The Bertz CT molecular complexity index is 361. The second-order valence-electron chi connectivity index (χ2n) is 4.65. The first-order chi connectivity index (χ1) is 9.05. The molecule has 0 aliphatic rings. The first-order valence-corrected chi connectivity index (χ1v) is 8.33. The van der Waals surface area contributed by atoms with Gasteiger partial charge in [-0.1, -0.05) is 0 Å². The summed E-state index contributed by atoms with van der Waals surface area (Å²) >= 11 is 0. The third-order valence-electron chi connectivity index (χ3n) is 3.13. The predicted molar refractivity (Wildman–Crippen MR) is 75.9 cm³/mol. The minimum Gasteiger partial charge on any atom is -0.377 e. The smallest absolute Gasteiger partial charge is 0.377 e. The van der Waals surface area contributed by atoms with Gasteiger partial charge in [0.25, 0.3) is 0 Å². The third-order valence-corrected chi connectivity index (χ3v) is 5.96. The number of H-pyrrole nitrogens is 1. The Morgan fingerprint density at radius 1 is 1.26 bits per heavy atom. The van der Waals surface area contributed by atoms with E-state index in [9.17, 15) is 0 Å². The number of aryl methyl sites for hydroxylation is 1. The molecule has 1 N–H and O–H groups in total. The highest BCUT2D eigenvalue weighted by Crippen LogP contribution is 2.15. The van der Waals surface area contributed by atoms with Crippen LogP contribution in [0.4, 0.5) is 0 Å². The largest absolute Gasteiger partial charge is 0.500 e. The lowest BCUT2D eigenvalue weighted by molar-refractivity contribution is 0.121. The minimum absolute atomic E-state index is 0.815. The van der Waals surface area contributed by atoms with Gasteiger partial charge >= 0.3 is 8.80 Å². The van der Waals surface area contributed by atoms with Crippen LogP contribution in [0.15, 0.2) is 6.20 Å². The number of nitrogens with zero attached hydrogens (tertiary/aromatic N) is 2. The van der Waals surface area contributed by atoms with Crippen LogP contribution in [0.1, 0.15) is 17.9 Å². The average molecular weight is 287 g/mol. The fraction of sp³-hybridized carbons (Fsp3) is 0.750. The fourth-order valence-corrected chi connectivity index (χ4v) is 3.71. The molecule has 0 atom stereocenters. The van der Waals surface area contributed by atoms with E-state index in [-0.39, 0.29) is 0 Å². The summed E-state index contributed by atoms with van der Waals surface area (Å²) in [5.74, 6) is 0.994. The maximum Gasteiger partial charge on any atom is 0.500 e. The van der Waals surface area contributed by atoms with Gasteiger partial charge in [-0.25, -0.2) is 4.98 Å². The van der Waals surface area contributed by atoms with Crippen LogP contribution in [0.3, 0.4) is 0 Å². The number of hydrogen-bond acceptors (Lipinski definition) is 5. The highest BCUT2D eigenvalue weighted by Gasteiger charge is 2.36. The summed E-state index contributed by atoms with van der Waals surface area (Å²) in [4.78, 5) is 9.75.